The molecule has 0 aliphatic heterocycles. The number of methoxy groups -OCH3 is 1. The molecular formula is C17H17N3O4. The Bertz CT molecular complexity index is 849. The highest BCUT2D eigenvalue weighted by Gasteiger charge is 2.18. The van der Waals surface area contributed by atoms with E-state index in [0.717, 1.165) is 11.1 Å². The lowest BCUT2D eigenvalue weighted by molar-refractivity contribution is 0.0460. The summed E-state index contributed by atoms with van der Waals surface area (Å²) >= 11 is 0. The van der Waals surface area contributed by atoms with Gasteiger partial charge in [-0.2, -0.15) is 0 Å². The van der Waals surface area contributed by atoms with Crippen LogP contribution in [0.4, 0.5) is 0 Å². The van der Waals surface area contributed by atoms with E-state index in [1.165, 1.54) is 11.8 Å². The van der Waals surface area contributed by atoms with Crippen molar-refractivity contribution in [2.24, 2.45) is 7.05 Å². The van der Waals surface area contributed by atoms with Gasteiger partial charge in [0.25, 0.3) is 0 Å². The fourth-order valence-corrected chi connectivity index (χ4v) is 2.21. The molecule has 3 aromatic rings. The zero-order valence-corrected chi connectivity index (χ0v) is 13.6. The smallest absolute Gasteiger partial charge is 0.345 e. The van der Waals surface area contributed by atoms with Crippen molar-refractivity contribution in [1.29, 1.82) is 0 Å². The molecule has 124 valence electrons. The molecule has 7 heteroatoms. The van der Waals surface area contributed by atoms with E-state index in [-0.39, 0.29) is 18.1 Å². The summed E-state index contributed by atoms with van der Waals surface area (Å²) in [6.07, 6.45) is 1.54. The molecular weight excluding hydrogens is 310 g/mol. The third-order valence-corrected chi connectivity index (χ3v) is 3.45. The van der Waals surface area contributed by atoms with Crippen LogP contribution in [0, 0.1) is 6.92 Å². The molecule has 1 aromatic carbocycles. The van der Waals surface area contributed by atoms with Crippen LogP contribution in [0.3, 0.4) is 0 Å². The van der Waals surface area contributed by atoms with Crippen LogP contribution in [0.1, 0.15) is 21.6 Å². The average molecular weight is 327 g/mol. The number of ether oxygens (including phenoxy) is 2. The highest BCUT2D eigenvalue weighted by atomic mass is 16.5. The van der Waals surface area contributed by atoms with Gasteiger partial charge in [0, 0.05) is 24.9 Å². The van der Waals surface area contributed by atoms with Crippen LogP contribution in [-0.4, -0.2) is 28.0 Å². The second-order valence-electron chi connectivity index (χ2n) is 5.35. The van der Waals surface area contributed by atoms with E-state index in [9.17, 15) is 4.79 Å². The number of esters is 1. The molecule has 2 aromatic heterocycles. The van der Waals surface area contributed by atoms with E-state index >= 15 is 0 Å². The monoisotopic (exact) mass is 327 g/mol. The van der Waals surface area contributed by atoms with Crippen LogP contribution < -0.4 is 4.74 Å². The Hall–Kier alpha value is -3.09. The van der Waals surface area contributed by atoms with Crippen molar-refractivity contribution in [1.82, 2.24) is 14.9 Å². The molecule has 0 spiro atoms. The molecule has 2 heterocycles. The Balaban J connectivity index is 1.67. The van der Waals surface area contributed by atoms with Crippen molar-refractivity contribution < 1.29 is 18.8 Å². The highest BCUT2D eigenvalue weighted by Crippen LogP contribution is 2.22. The van der Waals surface area contributed by atoms with Gasteiger partial charge in [-0.15, -0.1) is 5.10 Å². The third-order valence-electron chi connectivity index (χ3n) is 3.45. The predicted molar refractivity (Wildman–Crippen MR) is 85.6 cm³/mol. The van der Waals surface area contributed by atoms with E-state index in [1.54, 1.807) is 19.3 Å². The largest absolute Gasteiger partial charge is 0.479 e. The summed E-state index contributed by atoms with van der Waals surface area (Å²) in [4.78, 5) is 12.1. The summed E-state index contributed by atoms with van der Waals surface area (Å²) in [5.74, 6) is 0.322. The molecule has 0 fully saturated rings. The standard InChI is InChI=1S/C17H17N3O4/c1-11-4-6-12(7-5-11)15-8-13(19-24-15)10-23-17(21)14-9-20(2)18-16(14)22-3/h4-9H,10H2,1-3H3. The lowest BCUT2D eigenvalue weighted by atomic mass is 10.1. The first kappa shape index (κ1) is 15.8. The maximum atomic E-state index is 12.1. The maximum Gasteiger partial charge on any atom is 0.345 e. The molecule has 0 unspecified atom stereocenters. The third kappa shape index (κ3) is 3.29. The van der Waals surface area contributed by atoms with Crippen molar-refractivity contribution in [2.75, 3.05) is 7.11 Å². The minimum Gasteiger partial charge on any atom is -0.479 e. The molecule has 0 atom stereocenters. The van der Waals surface area contributed by atoms with E-state index in [4.69, 9.17) is 14.0 Å². The molecule has 0 radical (unpaired) electrons. The minimum absolute atomic E-state index is 0.00619. The van der Waals surface area contributed by atoms with E-state index in [0.29, 0.717) is 11.5 Å². The second-order valence-corrected chi connectivity index (χ2v) is 5.35. The van der Waals surface area contributed by atoms with Gasteiger partial charge in [0.15, 0.2) is 5.76 Å². The number of carbonyl (C=O) groups excluding carboxylic acids is 1. The van der Waals surface area contributed by atoms with Crippen LogP contribution in [0.5, 0.6) is 5.88 Å². The highest BCUT2D eigenvalue weighted by molar-refractivity contribution is 5.91. The molecule has 24 heavy (non-hydrogen) atoms. The van der Waals surface area contributed by atoms with Crippen molar-refractivity contribution >= 4 is 5.97 Å². The molecule has 0 saturated carbocycles. The zero-order valence-electron chi connectivity index (χ0n) is 13.6. The first-order chi connectivity index (χ1) is 11.6. The van der Waals surface area contributed by atoms with Gasteiger partial charge >= 0.3 is 5.97 Å². The Labute approximate surface area is 138 Å². The summed E-state index contributed by atoms with van der Waals surface area (Å²) in [5, 5.41) is 7.94. The Morgan fingerprint density at radius 1 is 1.29 bits per heavy atom. The summed E-state index contributed by atoms with van der Waals surface area (Å²) < 4.78 is 17.1. The predicted octanol–water partition coefficient (Wildman–Crippen LogP) is 2.75. The van der Waals surface area contributed by atoms with Crippen LogP contribution in [-0.2, 0) is 18.4 Å². The number of hydrogen-bond acceptors (Lipinski definition) is 6. The van der Waals surface area contributed by atoms with E-state index < -0.39 is 5.97 Å². The summed E-state index contributed by atoms with van der Waals surface area (Å²) in [5.41, 5.74) is 2.88. The molecule has 0 saturated heterocycles. The van der Waals surface area contributed by atoms with Crippen LogP contribution in [0.2, 0.25) is 0 Å². The van der Waals surface area contributed by atoms with Gasteiger partial charge in [-0.25, -0.2) is 4.79 Å². The van der Waals surface area contributed by atoms with E-state index in [2.05, 4.69) is 10.3 Å². The van der Waals surface area contributed by atoms with Gasteiger partial charge in [0.1, 0.15) is 17.9 Å². The quantitative estimate of drug-likeness (QED) is 0.670. The molecule has 3 rings (SSSR count). The van der Waals surface area contributed by atoms with Gasteiger partial charge in [-0.05, 0) is 6.92 Å². The number of nitrogens with zero attached hydrogens (tertiary/aromatic N) is 3. The fourth-order valence-electron chi connectivity index (χ4n) is 2.21. The van der Waals surface area contributed by atoms with Gasteiger partial charge in [-0.1, -0.05) is 35.0 Å². The van der Waals surface area contributed by atoms with Crippen molar-refractivity contribution in [3.8, 4) is 17.2 Å². The maximum absolute atomic E-state index is 12.1. The molecule has 0 aliphatic rings. The number of aromatic nitrogens is 3. The SMILES string of the molecule is COc1nn(C)cc1C(=O)OCc1cc(-c2ccc(C)cc2)on1. The number of aryl methyl sites for hydroxylation is 2. The fraction of sp³-hybridized carbons (Fsp3) is 0.235. The Morgan fingerprint density at radius 3 is 2.75 bits per heavy atom. The molecule has 0 amide bonds. The average Bonchev–Trinajstić information content (AvgIpc) is 3.19. The molecule has 0 aliphatic carbocycles. The van der Waals surface area contributed by atoms with Crippen molar-refractivity contribution in [3.63, 3.8) is 0 Å². The van der Waals surface area contributed by atoms with Gasteiger partial charge in [0.2, 0.25) is 5.88 Å². The Morgan fingerprint density at radius 2 is 2.04 bits per heavy atom. The molecule has 0 N–H and O–H groups in total. The Kier molecular flexibility index (Phi) is 4.33. The van der Waals surface area contributed by atoms with Gasteiger partial charge < -0.3 is 14.0 Å². The minimum atomic E-state index is -0.528. The number of benzene rings is 1. The number of carbonyl (C=O) groups is 1. The van der Waals surface area contributed by atoms with Crippen LogP contribution in [0.15, 0.2) is 41.1 Å². The zero-order chi connectivity index (χ0) is 17.1. The lowest BCUT2D eigenvalue weighted by Gasteiger charge is -2.01. The number of rotatable bonds is 5. The first-order valence-electron chi connectivity index (χ1n) is 7.34. The summed E-state index contributed by atoms with van der Waals surface area (Å²) in [6.45, 7) is 2.02. The van der Waals surface area contributed by atoms with Gasteiger partial charge in [-0.3, -0.25) is 4.68 Å². The normalized spacial score (nSPS) is 10.6. The van der Waals surface area contributed by atoms with E-state index in [1.807, 2.05) is 31.2 Å². The molecule has 0 bridgehead atoms. The first-order valence-corrected chi connectivity index (χ1v) is 7.34. The van der Waals surface area contributed by atoms with Crippen LogP contribution in [0.25, 0.3) is 11.3 Å². The van der Waals surface area contributed by atoms with Crippen molar-refractivity contribution in [2.45, 2.75) is 13.5 Å². The van der Waals surface area contributed by atoms with Crippen LogP contribution >= 0.6 is 0 Å². The number of hydrogen-bond donors (Lipinski definition) is 0. The molecule has 7 nitrogen and oxygen atoms in total. The van der Waals surface area contributed by atoms with Crippen molar-refractivity contribution in [3.05, 3.63) is 53.3 Å². The van der Waals surface area contributed by atoms with Gasteiger partial charge in [0.05, 0.1) is 7.11 Å². The lowest BCUT2D eigenvalue weighted by Crippen LogP contribution is -2.06. The summed E-state index contributed by atoms with van der Waals surface area (Å²) in [7, 11) is 3.15. The second kappa shape index (κ2) is 6.57. The summed E-state index contributed by atoms with van der Waals surface area (Å²) in [6, 6.07) is 9.63. The topological polar surface area (TPSA) is 79.4 Å².